The van der Waals surface area contributed by atoms with Gasteiger partial charge in [-0.3, -0.25) is 4.79 Å². The number of amides is 1. The van der Waals surface area contributed by atoms with Gasteiger partial charge in [-0.2, -0.15) is 0 Å². The second-order valence-corrected chi connectivity index (χ2v) is 5.36. The molecule has 0 aliphatic rings. The SMILES string of the molecule is CCN(CCCNC(=O)COc1ccc(F)cc1)c1ccccc1. The van der Waals surface area contributed by atoms with E-state index in [2.05, 4.69) is 29.3 Å². The molecule has 0 aliphatic heterocycles. The number of hydrogen-bond donors (Lipinski definition) is 1. The predicted molar refractivity (Wildman–Crippen MR) is 93.9 cm³/mol. The molecule has 0 atom stereocenters. The third-order valence-corrected chi connectivity index (χ3v) is 3.61. The van der Waals surface area contributed by atoms with Gasteiger partial charge in [0.15, 0.2) is 6.61 Å². The van der Waals surface area contributed by atoms with E-state index in [4.69, 9.17) is 4.74 Å². The zero-order valence-corrected chi connectivity index (χ0v) is 13.9. The van der Waals surface area contributed by atoms with Crippen molar-refractivity contribution >= 4 is 11.6 Å². The fourth-order valence-electron chi connectivity index (χ4n) is 2.34. The number of hydrogen-bond acceptors (Lipinski definition) is 3. The Hall–Kier alpha value is -2.56. The number of carbonyl (C=O) groups excluding carboxylic acids is 1. The summed E-state index contributed by atoms with van der Waals surface area (Å²) in [4.78, 5) is 14.0. The molecule has 0 spiro atoms. The van der Waals surface area contributed by atoms with Crippen LogP contribution in [0.1, 0.15) is 13.3 Å². The van der Waals surface area contributed by atoms with Gasteiger partial charge in [-0.15, -0.1) is 0 Å². The Balaban J connectivity index is 1.64. The Kier molecular flexibility index (Phi) is 7.08. The van der Waals surface area contributed by atoms with Crippen molar-refractivity contribution in [1.29, 1.82) is 0 Å². The van der Waals surface area contributed by atoms with Gasteiger partial charge in [0.25, 0.3) is 5.91 Å². The van der Waals surface area contributed by atoms with Gasteiger partial charge in [0.05, 0.1) is 0 Å². The van der Waals surface area contributed by atoms with Crippen molar-refractivity contribution in [3.8, 4) is 5.75 Å². The van der Waals surface area contributed by atoms with Crippen LogP contribution in [0.15, 0.2) is 54.6 Å². The first-order valence-electron chi connectivity index (χ1n) is 8.14. The highest BCUT2D eigenvalue weighted by Gasteiger charge is 2.05. The third-order valence-electron chi connectivity index (χ3n) is 3.61. The van der Waals surface area contributed by atoms with Crippen LogP contribution in [0.5, 0.6) is 5.75 Å². The highest BCUT2D eigenvalue weighted by Crippen LogP contribution is 2.13. The summed E-state index contributed by atoms with van der Waals surface area (Å²) < 4.78 is 18.1. The van der Waals surface area contributed by atoms with Crippen molar-refractivity contribution in [2.24, 2.45) is 0 Å². The van der Waals surface area contributed by atoms with Crippen molar-refractivity contribution < 1.29 is 13.9 Å². The molecule has 0 bridgehead atoms. The predicted octanol–water partition coefficient (Wildman–Crippen LogP) is 3.24. The number of anilines is 1. The molecule has 0 aliphatic carbocycles. The van der Waals surface area contributed by atoms with Gasteiger partial charge in [-0.25, -0.2) is 4.39 Å². The van der Waals surface area contributed by atoms with Crippen molar-refractivity contribution in [3.63, 3.8) is 0 Å². The van der Waals surface area contributed by atoms with Crippen LogP contribution in [0.25, 0.3) is 0 Å². The maximum Gasteiger partial charge on any atom is 0.257 e. The molecular weight excluding hydrogens is 307 g/mol. The molecule has 0 fully saturated rings. The minimum Gasteiger partial charge on any atom is -0.484 e. The van der Waals surface area contributed by atoms with Gasteiger partial charge in [0, 0.05) is 25.3 Å². The van der Waals surface area contributed by atoms with Gasteiger partial charge in [-0.1, -0.05) is 18.2 Å². The lowest BCUT2D eigenvalue weighted by Crippen LogP contribution is -2.32. The van der Waals surface area contributed by atoms with E-state index in [-0.39, 0.29) is 18.3 Å². The Morgan fingerprint density at radius 1 is 1.12 bits per heavy atom. The smallest absolute Gasteiger partial charge is 0.257 e. The number of benzene rings is 2. The van der Waals surface area contributed by atoms with Crippen LogP contribution in [-0.4, -0.2) is 32.1 Å². The Labute approximate surface area is 142 Å². The molecule has 24 heavy (non-hydrogen) atoms. The summed E-state index contributed by atoms with van der Waals surface area (Å²) in [6.07, 6.45) is 0.852. The van der Waals surface area contributed by atoms with E-state index in [1.165, 1.54) is 30.0 Å². The Morgan fingerprint density at radius 2 is 1.83 bits per heavy atom. The molecule has 0 saturated carbocycles. The number of nitrogens with zero attached hydrogens (tertiary/aromatic N) is 1. The van der Waals surface area contributed by atoms with Crippen LogP contribution in [0.3, 0.4) is 0 Å². The average molecular weight is 330 g/mol. The molecule has 1 N–H and O–H groups in total. The van der Waals surface area contributed by atoms with Crippen molar-refractivity contribution in [2.45, 2.75) is 13.3 Å². The van der Waals surface area contributed by atoms with E-state index >= 15 is 0 Å². The van der Waals surface area contributed by atoms with Crippen LogP contribution < -0.4 is 15.0 Å². The van der Waals surface area contributed by atoms with Gasteiger partial charge < -0.3 is 15.0 Å². The number of halogens is 1. The fourth-order valence-corrected chi connectivity index (χ4v) is 2.34. The summed E-state index contributed by atoms with van der Waals surface area (Å²) in [5.41, 5.74) is 1.19. The minimum absolute atomic E-state index is 0.0676. The number of nitrogens with one attached hydrogen (secondary N) is 1. The van der Waals surface area contributed by atoms with Crippen molar-refractivity contribution in [2.75, 3.05) is 31.1 Å². The van der Waals surface area contributed by atoms with E-state index < -0.39 is 0 Å². The lowest BCUT2D eigenvalue weighted by molar-refractivity contribution is -0.123. The molecule has 2 aromatic carbocycles. The van der Waals surface area contributed by atoms with Gasteiger partial charge in [-0.05, 0) is 49.7 Å². The van der Waals surface area contributed by atoms with Crippen LogP contribution in [0.2, 0.25) is 0 Å². The first kappa shape index (κ1) is 17.8. The van der Waals surface area contributed by atoms with E-state index in [1.54, 1.807) is 0 Å². The highest BCUT2D eigenvalue weighted by molar-refractivity contribution is 5.77. The highest BCUT2D eigenvalue weighted by atomic mass is 19.1. The van der Waals surface area contributed by atoms with Crippen LogP contribution in [0, 0.1) is 5.82 Å². The number of rotatable bonds is 9. The zero-order valence-electron chi connectivity index (χ0n) is 13.9. The number of ether oxygens (including phenoxy) is 1. The number of carbonyl (C=O) groups is 1. The van der Waals surface area contributed by atoms with Crippen LogP contribution in [-0.2, 0) is 4.79 Å². The Bertz CT molecular complexity index is 617. The normalized spacial score (nSPS) is 10.2. The molecule has 0 heterocycles. The molecule has 0 unspecified atom stereocenters. The summed E-state index contributed by atoms with van der Waals surface area (Å²) in [5.74, 6) is -0.0273. The standard InChI is InChI=1S/C19H23FN2O2/c1-2-22(17-7-4-3-5-8-17)14-6-13-21-19(23)15-24-18-11-9-16(20)10-12-18/h3-5,7-12H,2,6,13-15H2,1H3,(H,21,23). The summed E-state index contributed by atoms with van der Waals surface area (Å²) in [6, 6.07) is 15.8. The fraction of sp³-hybridized carbons (Fsp3) is 0.316. The Morgan fingerprint density at radius 3 is 2.50 bits per heavy atom. The molecule has 128 valence electrons. The summed E-state index contributed by atoms with van der Waals surface area (Å²) >= 11 is 0. The second kappa shape index (κ2) is 9.55. The monoisotopic (exact) mass is 330 g/mol. The molecule has 0 aromatic heterocycles. The molecule has 2 aromatic rings. The van der Waals surface area contributed by atoms with Gasteiger partial charge in [0.1, 0.15) is 11.6 Å². The average Bonchev–Trinajstić information content (AvgIpc) is 2.62. The lowest BCUT2D eigenvalue weighted by atomic mass is 10.2. The van der Waals surface area contributed by atoms with E-state index in [9.17, 15) is 9.18 Å². The molecule has 1 amide bonds. The minimum atomic E-state index is -0.328. The number of para-hydroxylation sites is 1. The second-order valence-electron chi connectivity index (χ2n) is 5.36. The van der Waals surface area contributed by atoms with E-state index in [1.807, 2.05) is 18.2 Å². The van der Waals surface area contributed by atoms with Gasteiger partial charge >= 0.3 is 0 Å². The topological polar surface area (TPSA) is 41.6 Å². The van der Waals surface area contributed by atoms with E-state index in [0.29, 0.717) is 12.3 Å². The van der Waals surface area contributed by atoms with Gasteiger partial charge in [0.2, 0.25) is 0 Å². The maximum absolute atomic E-state index is 12.8. The maximum atomic E-state index is 12.8. The van der Waals surface area contributed by atoms with Crippen molar-refractivity contribution in [3.05, 3.63) is 60.4 Å². The van der Waals surface area contributed by atoms with Crippen molar-refractivity contribution in [1.82, 2.24) is 5.32 Å². The zero-order chi connectivity index (χ0) is 17.2. The molecule has 0 radical (unpaired) electrons. The first-order valence-corrected chi connectivity index (χ1v) is 8.14. The largest absolute Gasteiger partial charge is 0.484 e. The molecular formula is C19H23FN2O2. The summed E-state index contributed by atoms with van der Waals surface area (Å²) in [6.45, 7) is 4.43. The first-order chi connectivity index (χ1) is 11.7. The molecule has 2 rings (SSSR count). The van der Waals surface area contributed by atoms with Crippen LogP contribution in [0.4, 0.5) is 10.1 Å². The molecule has 4 nitrogen and oxygen atoms in total. The quantitative estimate of drug-likeness (QED) is 0.718. The molecule has 5 heteroatoms. The summed E-state index contributed by atoms with van der Waals surface area (Å²) in [7, 11) is 0. The third kappa shape index (κ3) is 5.91. The summed E-state index contributed by atoms with van der Waals surface area (Å²) in [5, 5.41) is 2.83. The lowest BCUT2D eigenvalue weighted by Gasteiger charge is -2.23. The van der Waals surface area contributed by atoms with Crippen LogP contribution >= 0.6 is 0 Å². The molecule has 0 saturated heterocycles. The van der Waals surface area contributed by atoms with E-state index in [0.717, 1.165) is 19.5 Å².